The molecule has 1 aromatic heterocycles. The van der Waals surface area contributed by atoms with E-state index in [-0.39, 0.29) is 11.8 Å². The summed E-state index contributed by atoms with van der Waals surface area (Å²) in [5.74, 6) is 1.20. The first-order valence-corrected chi connectivity index (χ1v) is 8.54. The van der Waals surface area contributed by atoms with Crippen molar-refractivity contribution in [3.8, 4) is 0 Å². The number of nitrogens with zero attached hydrogens (tertiary/aromatic N) is 2. The van der Waals surface area contributed by atoms with Gasteiger partial charge in [-0.3, -0.25) is 9.59 Å². The van der Waals surface area contributed by atoms with Gasteiger partial charge in [0.15, 0.2) is 0 Å². The summed E-state index contributed by atoms with van der Waals surface area (Å²) in [5.41, 5.74) is 1.48. The highest BCUT2D eigenvalue weighted by Gasteiger charge is 2.26. The molecule has 2 amide bonds. The number of hydrogen-bond acceptors (Lipinski definition) is 4. The van der Waals surface area contributed by atoms with E-state index in [1.807, 2.05) is 13.8 Å². The van der Waals surface area contributed by atoms with E-state index in [0.29, 0.717) is 35.2 Å². The lowest BCUT2D eigenvalue weighted by molar-refractivity contribution is 0.0947. The summed E-state index contributed by atoms with van der Waals surface area (Å²) in [6, 6.07) is 6.87. The van der Waals surface area contributed by atoms with E-state index in [4.69, 9.17) is 0 Å². The SMILES string of the molecule is CC(C)CNC(=O)c1cccc(NC(=O)c2cnc(C3CC3)nc2)c1. The van der Waals surface area contributed by atoms with Gasteiger partial charge in [0.25, 0.3) is 11.8 Å². The van der Waals surface area contributed by atoms with Gasteiger partial charge in [0.1, 0.15) is 5.82 Å². The first-order valence-electron chi connectivity index (χ1n) is 8.54. The third kappa shape index (κ3) is 4.62. The Bertz CT molecular complexity index is 767. The molecule has 0 bridgehead atoms. The zero-order chi connectivity index (χ0) is 17.8. The number of benzene rings is 1. The normalized spacial score (nSPS) is 13.6. The number of aromatic nitrogens is 2. The van der Waals surface area contributed by atoms with Crippen LogP contribution in [0.4, 0.5) is 5.69 Å². The molecule has 6 heteroatoms. The van der Waals surface area contributed by atoms with Gasteiger partial charge in [0.2, 0.25) is 0 Å². The molecule has 1 heterocycles. The monoisotopic (exact) mass is 338 g/mol. The molecule has 1 aromatic carbocycles. The fourth-order valence-corrected chi connectivity index (χ4v) is 2.35. The van der Waals surface area contributed by atoms with E-state index in [0.717, 1.165) is 18.7 Å². The summed E-state index contributed by atoms with van der Waals surface area (Å²) in [6.07, 6.45) is 5.35. The van der Waals surface area contributed by atoms with Crippen molar-refractivity contribution < 1.29 is 9.59 Å². The van der Waals surface area contributed by atoms with E-state index in [2.05, 4.69) is 20.6 Å². The second-order valence-electron chi connectivity index (χ2n) is 6.74. The lowest BCUT2D eigenvalue weighted by atomic mass is 10.1. The molecular formula is C19H22N4O2. The van der Waals surface area contributed by atoms with Crippen LogP contribution in [0.5, 0.6) is 0 Å². The van der Waals surface area contributed by atoms with Crippen LogP contribution in [0, 0.1) is 5.92 Å². The summed E-state index contributed by atoms with van der Waals surface area (Å²) in [4.78, 5) is 32.9. The Morgan fingerprint density at radius 3 is 2.48 bits per heavy atom. The van der Waals surface area contributed by atoms with Crippen molar-refractivity contribution in [2.45, 2.75) is 32.6 Å². The van der Waals surface area contributed by atoms with Crippen LogP contribution >= 0.6 is 0 Å². The molecule has 3 rings (SSSR count). The predicted molar refractivity (Wildman–Crippen MR) is 95.6 cm³/mol. The van der Waals surface area contributed by atoms with Crippen molar-refractivity contribution in [2.75, 3.05) is 11.9 Å². The van der Waals surface area contributed by atoms with E-state index >= 15 is 0 Å². The number of nitrogens with one attached hydrogen (secondary N) is 2. The number of rotatable bonds is 6. The molecule has 0 radical (unpaired) electrons. The number of carbonyl (C=O) groups excluding carboxylic acids is 2. The van der Waals surface area contributed by atoms with Crippen LogP contribution in [0.1, 0.15) is 59.1 Å². The van der Waals surface area contributed by atoms with Gasteiger partial charge in [-0.1, -0.05) is 19.9 Å². The van der Waals surface area contributed by atoms with E-state index < -0.39 is 0 Å². The molecule has 0 spiro atoms. The van der Waals surface area contributed by atoms with Crippen LogP contribution in [-0.2, 0) is 0 Å². The Labute approximate surface area is 147 Å². The average molecular weight is 338 g/mol. The Morgan fingerprint density at radius 1 is 1.12 bits per heavy atom. The first kappa shape index (κ1) is 17.1. The Kier molecular flexibility index (Phi) is 5.07. The van der Waals surface area contributed by atoms with Crippen molar-refractivity contribution in [1.82, 2.24) is 15.3 Å². The van der Waals surface area contributed by atoms with Crippen LogP contribution in [0.25, 0.3) is 0 Å². The zero-order valence-corrected chi connectivity index (χ0v) is 14.5. The van der Waals surface area contributed by atoms with Crippen molar-refractivity contribution in [3.63, 3.8) is 0 Å². The molecule has 0 aliphatic heterocycles. The predicted octanol–water partition coefficient (Wildman–Crippen LogP) is 2.99. The summed E-state index contributed by atoms with van der Waals surface area (Å²) < 4.78 is 0. The van der Waals surface area contributed by atoms with E-state index in [9.17, 15) is 9.59 Å². The van der Waals surface area contributed by atoms with Crippen LogP contribution < -0.4 is 10.6 Å². The Balaban J connectivity index is 1.64. The lowest BCUT2D eigenvalue weighted by Crippen LogP contribution is -2.27. The summed E-state index contributed by atoms with van der Waals surface area (Å²) in [5, 5.41) is 5.65. The lowest BCUT2D eigenvalue weighted by Gasteiger charge is -2.09. The largest absolute Gasteiger partial charge is 0.352 e. The number of anilines is 1. The fraction of sp³-hybridized carbons (Fsp3) is 0.368. The van der Waals surface area contributed by atoms with Crippen molar-refractivity contribution in [3.05, 3.63) is 53.6 Å². The standard InChI is InChI=1S/C19H22N4O2/c1-12(2)9-22-18(24)14-4-3-5-16(8-14)23-19(25)15-10-20-17(21-11-15)13-6-7-13/h3-5,8,10-13H,6-7,9H2,1-2H3,(H,22,24)(H,23,25). The van der Waals surface area contributed by atoms with Gasteiger partial charge in [-0.05, 0) is 37.0 Å². The van der Waals surface area contributed by atoms with E-state index in [1.165, 1.54) is 0 Å². The molecule has 6 nitrogen and oxygen atoms in total. The number of hydrogen-bond donors (Lipinski definition) is 2. The van der Waals surface area contributed by atoms with E-state index in [1.54, 1.807) is 36.7 Å². The molecular weight excluding hydrogens is 316 g/mol. The fourth-order valence-electron chi connectivity index (χ4n) is 2.35. The van der Waals surface area contributed by atoms with Crippen LogP contribution in [0.3, 0.4) is 0 Å². The Hall–Kier alpha value is -2.76. The van der Waals surface area contributed by atoms with Crippen molar-refractivity contribution >= 4 is 17.5 Å². The maximum absolute atomic E-state index is 12.3. The quantitative estimate of drug-likeness (QED) is 0.848. The minimum Gasteiger partial charge on any atom is -0.352 e. The van der Waals surface area contributed by atoms with Gasteiger partial charge >= 0.3 is 0 Å². The van der Waals surface area contributed by atoms with Crippen LogP contribution in [0.15, 0.2) is 36.7 Å². The molecule has 1 fully saturated rings. The van der Waals surface area contributed by atoms with Gasteiger partial charge in [0.05, 0.1) is 5.56 Å². The maximum Gasteiger partial charge on any atom is 0.258 e. The highest BCUT2D eigenvalue weighted by Crippen LogP contribution is 2.37. The topological polar surface area (TPSA) is 84.0 Å². The summed E-state index contributed by atoms with van der Waals surface area (Å²) >= 11 is 0. The highest BCUT2D eigenvalue weighted by atomic mass is 16.2. The summed E-state index contributed by atoms with van der Waals surface area (Å²) in [7, 11) is 0. The third-order valence-corrected chi connectivity index (χ3v) is 3.93. The molecule has 130 valence electrons. The smallest absolute Gasteiger partial charge is 0.258 e. The molecule has 2 N–H and O–H groups in total. The van der Waals surface area contributed by atoms with Crippen LogP contribution in [-0.4, -0.2) is 28.3 Å². The van der Waals surface area contributed by atoms with Gasteiger partial charge in [-0.2, -0.15) is 0 Å². The minimum atomic E-state index is -0.290. The van der Waals surface area contributed by atoms with Gasteiger partial charge in [-0.15, -0.1) is 0 Å². The third-order valence-electron chi connectivity index (χ3n) is 3.93. The molecule has 0 saturated heterocycles. The van der Waals surface area contributed by atoms with Crippen molar-refractivity contribution in [2.24, 2.45) is 5.92 Å². The molecule has 25 heavy (non-hydrogen) atoms. The number of amides is 2. The highest BCUT2D eigenvalue weighted by molar-refractivity contribution is 6.04. The second-order valence-corrected chi connectivity index (χ2v) is 6.74. The molecule has 0 unspecified atom stereocenters. The maximum atomic E-state index is 12.3. The summed E-state index contributed by atoms with van der Waals surface area (Å²) in [6.45, 7) is 4.68. The Morgan fingerprint density at radius 2 is 1.84 bits per heavy atom. The average Bonchev–Trinajstić information content (AvgIpc) is 3.45. The second kappa shape index (κ2) is 7.42. The van der Waals surface area contributed by atoms with Gasteiger partial charge < -0.3 is 10.6 Å². The number of carbonyl (C=O) groups is 2. The zero-order valence-electron chi connectivity index (χ0n) is 14.5. The minimum absolute atomic E-state index is 0.151. The molecule has 1 saturated carbocycles. The molecule has 2 aromatic rings. The van der Waals surface area contributed by atoms with Gasteiger partial charge in [0, 0.05) is 36.1 Å². The molecule has 0 atom stereocenters. The first-order chi connectivity index (χ1) is 12.0. The molecule has 1 aliphatic carbocycles. The molecule has 1 aliphatic rings. The van der Waals surface area contributed by atoms with Gasteiger partial charge in [-0.25, -0.2) is 9.97 Å². The van der Waals surface area contributed by atoms with Crippen molar-refractivity contribution in [1.29, 1.82) is 0 Å². The van der Waals surface area contributed by atoms with Crippen LogP contribution in [0.2, 0.25) is 0 Å².